The minimum Gasteiger partial charge on any atom is -0.483 e. The Kier molecular flexibility index (Phi) is 5.18. The number of para-hydroxylation sites is 2. The molecule has 2 fully saturated rings. The van der Waals surface area contributed by atoms with Crippen LogP contribution in [0.4, 0.5) is 10.1 Å². The van der Waals surface area contributed by atoms with Crippen molar-refractivity contribution in [3.05, 3.63) is 59.9 Å². The Morgan fingerprint density at radius 1 is 1.03 bits per heavy atom. The van der Waals surface area contributed by atoms with E-state index in [-0.39, 0.29) is 36.0 Å². The number of halogens is 1. The summed E-state index contributed by atoms with van der Waals surface area (Å²) in [6.45, 7) is 1.83. The lowest BCUT2D eigenvalue weighted by Crippen LogP contribution is -2.31. The number of fused-ring (bicyclic) bond motifs is 1. The van der Waals surface area contributed by atoms with Crippen LogP contribution in [-0.4, -0.2) is 24.2 Å². The highest BCUT2D eigenvalue weighted by molar-refractivity contribution is 6.22. The summed E-state index contributed by atoms with van der Waals surface area (Å²) in [4.78, 5) is 39.5. The molecule has 1 saturated carbocycles. The summed E-state index contributed by atoms with van der Waals surface area (Å²) in [6.07, 6.45) is 2.38. The van der Waals surface area contributed by atoms with Crippen molar-refractivity contribution in [3.8, 4) is 5.75 Å². The summed E-state index contributed by atoms with van der Waals surface area (Å²) in [5, 5.41) is 0. The van der Waals surface area contributed by atoms with Crippen molar-refractivity contribution < 1.29 is 23.5 Å². The van der Waals surface area contributed by atoms with Gasteiger partial charge < -0.3 is 4.74 Å². The second-order valence-corrected chi connectivity index (χ2v) is 7.83. The lowest BCUT2D eigenvalue weighted by atomic mass is 9.76. The smallest absolute Gasteiger partial charge is 0.237 e. The van der Waals surface area contributed by atoms with Crippen molar-refractivity contribution >= 4 is 23.3 Å². The van der Waals surface area contributed by atoms with E-state index in [0.29, 0.717) is 22.9 Å². The summed E-state index contributed by atoms with van der Waals surface area (Å²) in [6, 6.07) is 12.0. The first kappa shape index (κ1) is 19.3. The highest BCUT2D eigenvalue weighted by Crippen LogP contribution is 2.44. The average Bonchev–Trinajstić information content (AvgIpc) is 2.96. The van der Waals surface area contributed by atoms with E-state index in [2.05, 4.69) is 6.92 Å². The fraction of sp³-hybridized carbons (Fsp3) is 0.348. The summed E-state index contributed by atoms with van der Waals surface area (Å²) in [5.41, 5.74) is 0.702. The van der Waals surface area contributed by atoms with Gasteiger partial charge in [0, 0.05) is 5.56 Å². The summed E-state index contributed by atoms with van der Waals surface area (Å²) in [5.74, 6) is -0.937. The van der Waals surface area contributed by atoms with Crippen LogP contribution in [0.25, 0.3) is 0 Å². The second kappa shape index (κ2) is 7.78. The molecule has 0 aromatic heterocycles. The average molecular weight is 395 g/mol. The third-order valence-corrected chi connectivity index (χ3v) is 5.82. The molecular formula is C23H22FNO4. The number of Topliss-reactive ketones (excluding diaryl/α,β-unsaturated/α-hetero) is 1. The normalized spacial score (nSPS) is 23.8. The minimum absolute atomic E-state index is 0.187. The molecule has 0 N–H and O–H groups in total. The van der Waals surface area contributed by atoms with Crippen LogP contribution < -0.4 is 9.64 Å². The molecule has 1 aliphatic carbocycles. The first-order valence-corrected chi connectivity index (χ1v) is 9.84. The van der Waals surface area contributed by atoms with Gasteiger partial charge in [-0.2, -0.15) is 0 Å². The summed E-state index contributed by atoms with van der Waals surface area (Å²) in [7, 11) is 0. The third-order valence-electron chi connectivity index (χ3n) is 5.82. The SMILES string of the molecule is CC1CCC2C(=O)N(c3ccccc3OCC(=O)c3ccc(F)cc3)C(=O)C2C1. The number of ketones is 1. The van der Waals surface area contributed by atoms with E-state index in [9.17, 15) is 18.8 Å². The van der Waals surface area contributed by atoms with Crippen molar-refractivity contribution in [1.29, 1.82) is 0 Å². The Labute approximate surface area is 168 Å². The van der Waals surface area contributed by atoms with Gasteiger partial charge in [-0.1, -0.05) is 19.1 Å². The molecule has 5 nitrogen and oxygen atoms in total. The molecule has 2 amide bonds. The fourth-order valence-corrected chi connectivity index (χ4v) is 4.25. The van der Waals surface area contributed by atoms with E-state index < -0.39 is 5.82 Å². The van der Waals surface area contributed by atoms with Gasteiger partial charge in [0.15, 0.2) is 12.4 Å². The predicted octanol–water partition coefficient (Wildman–Crippen LogP) is 4.01. The van der Waals surface area contributed by atoms with Crippen molar-refractivity contribution in [2.75, 3.05) is 11.5 Å². The number of amides is 2. The molecule has 150 valence electrons. The van der Waals surface area contributed by atoms with Gasteiger partial charge in [-0.25, -0.2) is 9.29 Å². The lowest BCUT2D eigenvalue weighted by Gasteiger charge is -2.25. The van der Waals surface area contributed by atoms with E-state index in [0.717, 1.165) is 19.3 Å². The number of ether oxygens (including phenoxy) is 1. The van der Waals surface area contributed by atoms with E-state index in [1.165, 1.54) is 29.2 Å². The molecule has 0 spiro atoms. The van der Waals surface area contributed by atoms with Crippen molar-refractivity contribution in [1.82, 2.24) is 0 Å². The van der Waals surface area contributed by atoms with Crippen LogP contribution in [0.3, 0.4) is 0 Å². The maximum atomic E-state index is 13.0. The lowest BCUT2D eigenvalue weighted by molar-refractivity contribution is -0.122. The van der Waals surface area contributed by atoms with Crippen LogP contribution >= 0.6 is 0 Å². The van der Waals surface area contributed by atoms with Crippen LogP contribution in [0.5, 0.6) is 5.75 Å². The van der Waals surface area contributed by atoms with Crippen LogP contribution in [-0.2, 0) is 9.59 Å². The molecule has 3 unspecified atom stereocenters. The molecule has 1 heterocycles. The standard InChI is InChI=1S/C23H22FNO4/c1-14-6-11-17-18(12-14)23(28)25(22(17)27)19-4-2-3-5-21(19)29-13-20(26)15-7-9-16(24)10-8-15/h2-5,7-10,14,17-18H,6,11-13H2,1H3. The number of carbonyl (C=O) groups is 3. The fourth-order valence-electron chi connectivity index (χ4n) is 4.25. The molecule has 0 bridgehead atoms. The zero-order valence-electron chi connectivity index (χ0n) is 16.1. The quantitative estimate of drug-likeness (QED) is 0.567. The number of hydrogen-bond acceptors (Lipinski definition) is 4. The predicted molar refractivity (Wildman–Crippen MR) is 105 cm³/mol. The Morgan fingerprint density at radius 2 is 1.72 bits per heavy atom. The van der Waals surface area contributed by atoms with Gasteiger partial charge in [0.2, 0.25) is 11.8 Å². The number of nitrogens with zero attached hydrogens (tertiary/aromatic N) is 1. The first-order chi connectivity index (χ1) is 14.0. The Balaban J connectivity index is 1.54. The highest BCUT2D eigenvalue weighted by Gasteiger charge is 2.50. The topological polar surface area (TPSA) is 63.7 Å². The maximum absolute atomic E-state index is 13.0. The Morgan fingerprint density at radius 3 is 2.48 bits per heavy atom. The molecule has 2 aromatic carbocycles. The second-order valence-electron chi connectivity index (χ2n) is 7.83. The largest absolute Gasteiger partial charge is 0.483 e. The summed E-state index contributed by atoms with van der Waals surface area (Å²) >= 11 is 0. The number of hydrogen-bond donors (Lipinski definition) is 0. The van der Waals surface area contributed by atoms with Gasteiger partial charge in [-0.05, 0) is 61.6 Å². The molecule has 2 aliphatic rings. The Hall–Kier alpha value is -3.02. The van der Waals surface area contributed by atoms with Gasteiger partial charge in [0.25, 0.3) is 0 Å². The van der Waals surface area contributed by atoms with E-state index >= 15 is 0 Å². The zero-order chi connectivity index (χ0) is 20.5. The number of carbonyl (C=O) groups excluding carboxylic acids is 3. The first-order valence-electron chi connectivity index (χ1n) is 9.84. The van der Waals surface area contributed by atoms with Gasteiger partial charge in [-0.15, -0.1) is 0 Å². The van der Waals surface area contributed by atoms with Crippen molar-refractivity contribution in [2.24, 2.45) is 17.8 Å². The van der Waals surface area contributed by atoms with Crippen LogP contribution in [0.15, 0.2) is 48.5 Å². The van der Waals surface area contributed by atoms with Crippen LogP contribution in [0.2, 0.25) is 0 Å². The third kappa shape index (κ3) is 3.67. The monoisotopic (exact) mass is 395 g/mol. The molecule has 1 aliphatic heterocycles. The van der Waals surface area contributed by atoms with Gasteiger partial charge in [-0.3, -0.25) is 14.4 Å². The van der Waals surface area contributed by atoms with Gasteiger partial charge in [0.05, 0.1) is 17.5 Å². The van der Waals surface area contributed by atoms with E-state index in [4.69, 9.17) is 4.74 Å². The minimum atomic E-state index is -0.422. The number of imide groups is 1. The number of benzene rings is 2. The van der Waals surface area contributed by atoms with Crippen LogP contribution in [0.1, 0.15) is 36.5 Å². The Bertz CT molecular complexity index is 956. The summed E-state index contributed by atoms with van der Waals surface area (Å²) < 4.78 is 18.7. The van der Waals surface area contributed by atoms with E-state index in [1.54, 1.807) is 24.3 Å². The van der Waals surface area contributed by atoms with Crippen molar-refractivity contribution in [2.45, 2.75) is 26.2 Å². The van der Waals surface area contributed by atoms with Gasteiger partial charge in [0.1, 0.15) is 11.6 Å². The van der Waals surface area contributed by atoms with E-state index in [1.807, 2.05) is 0 Å². The molecule has 2 aromatic rings. The molecule has 1 saturated heterocycles. The number of rotatable bonds is 5. The molecule has 6 heteroatoms. The zero-order valence-corrected chi connectivity index (χ0v) is 16.1. The van der Waals surface area contributed by atoms with Crippen molar-refractivity contribution in [3.63, 3.8) is 0 Å². The van der Waals surface area contributed by atoms with Gasteiger partial charge >= 0.3 is 0 Å². The molecule has 3 atom stereocenters. The van der Waals surface area contributed by atoms with Crippen LogP contribution in [0, 0.1) is 23.6 Å². The number of anilines is 1. The molecule has 4 rings (SSSR count). The molecule has 29 heavy (non-hydrogen) atoms. The highest BCUT2D eigenvalue weighted by atomic mass is 19.1. The molecular weight excluding hydrogens is 373 g/mol. The maximum Gasteiger partial charge on any atom is 0.237 e. The molecule has 0 radical (unpaired) electrons.